The van der Waals surface area contributed by atoms with Gasteiger partial charge in [0.05, 0.1) is 0 Å². The van der Waals surface area contributed by atoms with E-state index in [2.05, 4.69) is 15.2 Å². The fraction of sp³-hybridized carbons (Fsp3) is 0.667. The normalized spacial score (nSPS) is 15.6. The van der Waals surface area contributed by atoms with Crippen LogP contribution in [0.3, 0.4) is 0 Å². The van der Waals surface area contributed by atoms with Crippen molar-refractivity contribution in [2.24, 2.45) is 5.73 Å². The van der Waals surface area contributed by atoms with Gasteiger partial charge in [-0.2, -0.15) is 0 Å². The molecule has 1 aliphatic rings. The predicted molar refractivity (Wildman–Crippen MR) is 68.2 cm³/mol. The number of hydrogen-bond donors (Lipinski definition) is 2. The highest BCUT2D eigenvalue weighted by Gasteiger charge is 2.30. The molecule has 1 aromatic heterocycles. The average molecular weight is 265 g/mol. The summed E-state index contributed by atoms with van der Waals surface area (Å²) in [7, 11) is 0. The van der Waals surface area contributed by atoms with E-state index in [4.69, 9.17) is 5.73 Å². The number of nitrogens with one attached hydrogen (secondary N) is 1. The first-order valence-corrected chi connectivity index (χ1v) is 6.62. The fourth-order valence-electron chi connectivity index (χ4n) is 2.43. The van der Waals surface area contributed by atoms with Gasteiger partial charge >= 0.3 is 0 Å². The second kappa shape index (κ2) is 5.81. The molecule has 2 amide bonds. The van der Waals surface area contributed by atoms with Crippen LogP contribution in [0.1, 0.15) is 49.1 Å². The van der Waals surface area contributed by atoms with Gasteiger partial charge in [-0.05, 0) is 12.8 Å². The number of aryl methyl sites for hydroxylation is 1. The lowest BCUT2D eigenvalue weighted by molar-refractivity contribution is -0.119. The van der Waals surface area contributed by atoms with E-state index in [-0.39, 0.29) is 24.3 Å². The lowest BCUT2D eigenvalue weighted by Crippen LogP contribution is -2.44. The minimum Gasteiger partial charge on any atom is -0.368 e. The molecule has 0 aliphatic heterocycles. The Hall–Kier alpha value is -1.92. The Morgan fingerprint density at radius 1 is 1.42 bits per heavy atom. The highest BCUT2D eigenvalue weighted by atomic mass is 16.2. The minimum absolute atomic E-state index is 0.0699. The van der Waals surface area contributed by atoms with Crippen LogP contribution in [0.5, 0.6) is 0 Å². The molecule has 0 saturated heterocycles. The molecule has 1 aliphatic carbocycles. The van der Waals surface area contributed by atoms with Gasteiger partial charge in [-0.3, -0.25) is 14.7 Å². The third kappa shape index (κ3) is 3.10. The van der Waals surface area contributed by atoms with Crippen molar-refractivity contribution in [1.82, 2.24) is 20.1 Å². The molecule has 1 aromatic rings. The van der Waals surface area contributed by atoms with Crippen LogP contribution >= 0.6 is 0 Å². The first kappa shape index (κ1) is 13.5. The number of aromatic amines is 1. The van der Waals surface area contributed by atoms with Crippen LogP contribution in [-0.2, 0) is 11.2 Å². The molecule has 7 heteroatoms. The largest absolute Gasteiger partial charge is 0.368 e. The van der Waals surface area contributed by atoms with Crippen LogP contribution in [0, 0.1) is 0 Å². The van der Waals surface area contributed by atoms with Crippen LogP contribution in [0.25, 0.3) is 0 Å². The standard InChI is InChI=1S/C12H19N5O2/c1-2-10-14-11(16-15-10)12(19)17(7-9(13)18)8-5-3-4-6-8/h8H,2-7H2,1H3,(H2,13,18)(H,14,15,16). The van der Waals surface area contributed by atoms with E-state index in [1.54, 1.807) is 0 Å². The number of carbonyl (C=O) groups is 2. The van der Waals surface area contributed by atoms with Gasteiger partial charge in [0, 0.05) is 12.5 Å². The summed E-state index contributed by atoms with van der Waals surface area (Å²) >= 11 is 0. The number of amides is 2. The van der Waals surface area contributed by atoms with Gasteiger partial charge < -0.3 is 10.6 Å². The molecule has 0 atom stereocenters. The van der Waals surface area contributed by atoms with E-state index >= 15 is 0 Å². The minimum atomic E-state index is -0.508. The summed E-state index contributed by atoms with van der Waals surface area (Å²) in [4.78, 5) is 29.1. The van der Waals surface area contributed by atoms with E-state index in [1.807, 2.05) is 6.92 Å². The molecule has 0 spiro atoms. The third-order valence-corrected chi connectivity index (χ3v) is 3.41. The molecule has 0 radical (unpaired) electrons. The lowest BCUT2D eigenvalue weighted by atomic mass is 10.2. The number of H-pyrrole nitrogens is 1. The summed E-state index contributed by atoms with van der Waals surface area (Å²) in [6.07, 6.45) is 4.64. The van der Waals surface area contributed by atoms with Crippen molar-refractivity contribution in [3.63, 3.8) is 0 Å². The zero-order chi connectivity index (χ0) is 13.8. The van der Waals surface area contributed by atoms with Crippen molar-refractivity contribution in [2.75, 3.05) is 6.54 Å². The van der Waals surface area contributed by atoms with Crippen LogP contribution < -0.4 is 5.73 Å². The third-order valence-electron chi connectivity index (χ3n) is 3.41. The molecule has 1 saturated carbocycles. The summed E-state index contributed by atoms with van der Waals surface area (Å²) in [6.45, 7) is 1.85. The van der Waals surface area contributed by atoms with Gasteiger partial charge in [0.25, 0.3) is 5.91 Å². The molecule has 3 N–H and O–H groups in total. The Morgan fingerprint density at radius 3 is 2.63 bits per heavy atom. The van der Waals surface area contributed by atoms with Gasteiger partial charge in [-0.1, -0.05) is 19.8 Å². The van der Waals surface area contributed by atoms with Gasteiger partial charge in [-0.25, -0.2) is 4.98 Å². The summed E-state index contributed by atoms with van der Waals surface area (Å²) in [5.74, 6) is -0.0491. The van der Waals surface area contributed by atoms with Crippen molar-refractivity contribution in [2.45, 2.75) is 45.1 Å². The second-order valence-electron chi connectivity index (χ2n) is 4.80. The Labute approximate surface area is 111 Å². The zero-order valence-corrected chi connectivity index (χ0v) is 11.1. The van der Waals surface area contributed by atoms with Gasteiger partial charge in [0.15, 0.2) is 0 Å². The SMILES string of the molecule is CCc1nc(C(=O)N(CC(N)=O)C2CCCC2)n[nH]1. The summed E-state index contributed by atoms with van der Waals surface area (Å²) in [5.41, 5.74) is 5.23. The van der Waals surface area contributed by atoms with Gasteiger partial charge in [0.2, 0.25) is 11.7 Å². The summed E-state index contributed by atoms with van der Waals surface area (Å²) in [5, 5.41) is 6.62. The molecule has 104 valence electrons. The highest BCUT2D eigenvalue weighted by molar-refractivity contribution is 5.93. The van der Waals surface area contributed by atoms with E-state index in [1.165, 1.54) is 4.90 Å². The molecular weight excluding hydrogens is 246 g/mol. The van der Waals surface area contributed by atoms with Gasteiger partial charge in [0.1, 0.15) is 12.4 Å². The highest BCUT2D eigenvalue weighted by Crippen LogP contribution is 2.24. The molecule has 0 unspecified atom stereocenters. The van der Waals surface area contributed by atoms with Crippen LogP contribution in [0.15, 0.2) is 0 Å². The molecule has 1 fully saturated rings. The molecule has 1 heterocycles. The molecule has 0 aromatic carbocycles. The van der Waals surface area contributed by atoms with E-state index in [0.717, 1.165) is 25.7 Å². The van der Waals surface area contributed by atoms with Crippen molar-refractivity contribution < 1.29 is 9.59 Å². The number of rotatable bonds is 5. The zero-order valence-electron chi connectivity index (χ0n) is 11.1. The smallest absolute Gasteiger partial charge is 0.294 e. The number of hydrogen-bond acceptors (Lipinski definition) is 4. The molecule has 7 nitrogen and oxygen atoms in total. The molecular formula is C12H19N5O2. The first-order chi connectivity index (χ1) is 9.11. The number of primary amides is 1. The van der Waals surface area contributed by atoms with E-state index in [0.29, 0.717) is 12.2 Å². The van der Waals surface area contributed by atoms with Crippen molar-refractivity contribution in [3.05, 3.63) is 11.6 Å². The number of carbonyl (C=O) groups excluding carboxylic acids is 2. The monoisotopic (exact) mass is 265 g/mol. The van der Waals surface area contributed by atoms with Crippen molar-refractivity contribution >= 4 is 11.8 Å². The Bertz CT molecular complexity index is 464. The van der Waals surface area contributed by atoms with E-state index in [9.17, 15) is 9.59 Å². The topological polar surface area (TPSA) is 105 Å². The van der Waals surface area contributed by atoms with Gasteiger partial charge in [-0.15, -0.1) is 5.10 Å². The average Bonchev–Trinajstić information content (AvgIpc) is 3.05. The fourth-order valence-corrected chi connectivity index (χ4v) is 2.43. The number of aromatic nitrogens is 3. The first-order valence-electron chi connectivity index (χ1n) is 6.62. The number of nitrogens with zero attached hydrogens (tertiary/aromatic N) is 3. The summed E-state index contributed by atoms with van der Waals surface area (Å²) in [6, 6.07) is 0.0728. The van der Waals surface area contributed by atoms with Crippen LogP contribution in [-0.4, -0.2) is 44.5 Å². The Kier molecular flexibility index (Phi) is 4.13. The quantitative estimate of drug-likeness (QED) is 0.795. The van der Waals surface area contributed by atoms with Crippen molar-refractivity contribution in [1.29, 1.82) is 0 Å². The maximum Gasteiger partial charge on any atom is 0.294 e. The van der Waals surface area contributed by atoms with Crippen LogP contribution in [0.2, 0.25) is 0 Å². The summed E-state index contributed by atoms with van der Waals surface area (Å²) < 4.78 is 0. The molecule has 0 bridgehead atoms. The maximum absolute atomic E-state index is 12.4. The van der Waals surface area contributed by atoms with Crippen LogP contribution in [0.4, 0.5) is 0 Å². The second-order valence-corrected chi connectivity index (χ2v) is 4.80. The predicted octanol–water partition coefficient (Wildman–Crippen LogP) is 0.237. The Balaban J connectivity index is 2.16. The number of nitrogens with two attached hydrogens (primary N) is 1. The Morgan fingerprint density at radius 2 is 2.11 bits per heavy atom. The van der Waals surface area contributed by atoms with E-state index < -0.39 is 5.91 Å². The molecule has 2 rings (SSSR count). The van der Waals surface area contributed by atoms with Crippen molar-refractivity contribution in [3.8, 4) is 0 Å². The maximum atomic E-state index is 12.4. The molecule has 19 heavy (non-hydrogen) atoms. The lowest BCUT2D eigenvalue weighted by Gasteiger charge is -2.26.